The fraction of sp³-hybridized carbons (Fsp3) is 0.364. The number of rotatable bonds is 2. The van der Waals surface area contributed by atoms with Crippen LogP contribution in [0.3, 0.4) is 0 Å². The standard InChI is InChI=1S/C11H12BNO2/c1-15-11(14)8-3-2-7-4-5-10(13-12)9(7)6-8/h2-3,6,10,13H,4-5H2,1H3/t10-/m1/s1. The predicted octanol–water partition coefficient (Wildman–Crippen LogP) is 1.13. The molecule has 0 aromatic heterocycles. The molecule has 0 heterocycles. The third kappa shape index (κ3) is 1.77. The van der Waals surface area contributed by atoms with Gasteiger partial charge >= 0.3 is 5.97 Å². The fourth-order valence-electron chi connectivity index (χ4n) is 2.02. The molecule has 4 heteroatoms. The van der Waals surface area contributed by atoms with Gasteiger partial charge < -0.3 is 9.96 Å². The van der Waals surface area contributed by atoms with Crippen LogP contribution in [0.2, 0.25) is 0 Å². The van der Waals surface area contributed by atoms with E-state index in [4.69, 9.17) is 7.98 Å². The molecule has 1 atom stereocenters. The van der Waals surface area contributed by atoms with Gasteiger partial charge in [0.25, 0.3) is 0 Å². The Morgan fingerprint density at radius 1 is 1.60 bits per heavy atom. The van der Waals surface area contributed by atoms with Gasteiger partial charge in [0.15, 0.2) is 7.98 Å². The summed E-state index contributed by atoms with van der Waals surface area (Å²) in [7, 11) is 6.82. The monoisotopic (exact) mass is 201 g/mol. The lowest BCUT2D eigenvalue weighted by Crippen LogP contribution is -2.15. The lowest BCUT2D eigenvalue weighted by atomic mass is 10.0. The van der Waals surface area contributed by atoms with Crippen molar-refractivity contribution in [3.05, 3.63) is 34.9 Å². The number of aryl methyl sites for hydroxylation is 1. The van der Waals surface area contributed by atoms with Crippen LogP contribution >= 0.6 is 0 Å². The summed E-state index contributed by atoms with van der Waals surface area (Å²) >= 11 is 0. The van der Waals surface area contributed by atoms with Gasteiger partial charge in [0.1, 0.15) is 0 Å². The third-order valence-corrected chi connectivity index (χ3v) is 2.85. The lowest BCUT2D eigenvalue weighted by molar-refractivity contribution is 0.0600. The molecule has 1 aromatic rings. The zero-order chi connectivity index (χ0) is 10.8. The van der Waals surface area contributed by atoms with Crippen LogP contribution in [0.4, 0.5) is 0 Å². The minimum absolute atomic E-state index is 0.157. The summed E-state index contributed by atoms with van der Waals surface area (Å²) in [6.45, 7) is 0. The predicted molar refractivity (Wildman–Crippen MR) is 57.7 cm³/mol. The number of benzene rings is 1. The summed E-state index contributed by atoms with van der Waals surface area (Å²) < 4.78 is 4.67. The molecule has 1 aliphatic carbocycles. The first-order valence-electron chi connectivity index (χ1n) is 4.93. The van der Waals surface area contributed by atoms with Crippen molar-refractivity contribution in [1.82, 2.24) is 5.23 Å². The average Bonchev–Trinajstić information content (AvgIpc) is 2.69. The molecule has 0 bridgehead atoms. The molecule has 0 spiro atoms. The second-order valence-corrected chi connectivity index (χ2v) is 3.66. The van der Waals surface area contributed by atoms with E-state index >= 15 is 0 Å². The van der Waals surface area contributed by atoms with E-state index in [1.54, 1.807) is 6.07 Å². The topological polar surface area (TPSA) is 38.3 Å². The first-order chi connectivity index (χ1) is 7.26. The molecule has 0 fully saturated rings. The van der Waals surface area contributed by atoms with Crippen molar-refractivity contribution >= 4 is 14.0 Å². The van der Waals surface area contributed by atoms with Crippen molar-refractivity contribution in [1.29, 1.82) is 0 Å². The first kappa shape index (κ1) is 10.2. The van der Waals surface area contributed by atoms with Gasteiger partial charge in [0.2, 0.25) is 0 Å². The smallest absolute Gasteiger partial charge is 0.337 e. The summed E-state index contributed by atoms with van der Waals surface area (Å²) in [5, 5.41) is 2.75. The molecule has 0 aliphatic heterocycles. The van der Waals surface area contributed by atoms with Gasteiger partial charge in [0.05, 0.1) is 12.7 Å². The third-order valence-electron chi connectivity index (χ3n) is 2.85. The second kappa shape index (κ2) is 4.07. The molecule has 1 aliphatic rings. The van der Waals surface area contributed by atoms with E-state index < -0.39 is 0 Å². The van der Waals surface area contributed by atoms with Crippen LogP contribution in [0, 0.1) is 0 Å². The fourth-order valence-corrected chi connectivity index (χ4v) is 2.02. The van der Waals surface area contributed by atoms with Crippen molar-refractivity contribution < 1.29 is 9.53 Å². The van der Waals surface area contributed by atoms with Crippen LogP contribution in [-0.2, 0) is 11.2 Å². The van der Waals surface area contributed by atoms with E-state index in [0.717, 1.165) is 18.4 Å². The van der Waals surface area contributed by atoms with E-state index in [2.05, 4.69) is 9.96 Å². The summed E-state index contributed by atoms with van der Waals surface area (Å²) in [4.78, 5) is 11.3. The van der Waals surface area contributed by atoms with E-state index in [1.807, 2.05) is 12.1 Å². The van der Waals surface area contributed by atoms with E-state index in [1.165, 1.54) is 12.7 Å². The Morgan fingerprint density at radius 2 is 2.40 bits per heavy atom. The Morgan fingerprint density at radius 3 is 3.07 bits per heavy atom. The molecule has 3 nitrogen and oxygen atoms in total. The summed E-state index contributed by atoms with van der Waals surface area (Å²) in [5.74, 6) is -0.305. The van der Waals surface area contributed by atoms with E-state index in [9.17, 15) is 4.79 Å². The van der Waals surface area contributed by atoms with Crippen molar-refractivity contribution in [2.75, 3.05) is 7.11 Å². The molecule has 0 saturated carbocycles. The quantitative estimate of drug-likeness (QED) is 0.575. The van der Waals surface area contributed by atoms with Crippen LogP contribution in [0.25, 0.3) is 0 Å². The van der Waals surface area contributed by atoms with Crippen LogP contribution in [-0.4, -0.2) is 21.1 Å². The minimum atomic E-state index is -0.305. The van der Waals surface area contributed by atoms with E-state index in [0.29, 0.717) is 5.56 Å². The van der Waals surface area contributed by atoms with Crippen LogP contribution < -0.4 is 5.23 Å². The number of esters is 1. The van der Waals surface area contributed by atoms with Gasteiger partial charge in [-0.3, -0.25) is 0 Å². The van der Waals surface area contributed by atoms with Crippen molar-refractivity contribution in [3.63, 3.8) is 0 Å². The van der Waals surface area contributed by atoms with Crippen molar-refractivity contribution in [3.8, 4) is 0 Å². The number of methoxy groups -OCH3 is 1. The number of ether oxygens (including phenoxy) is 1. The summed E-state index contributed by atoms with van der Waals surface area (Å²) in [6, 6.07) is 5.78. The lowest BCUT2D eigenvalue weighted by Gasteiger charge is -2.11. The van der Waals surface area contributed by atoms with Crippen LogP contribution in [0.1, 0.15) is 33.9 Å². The van der Waals surface area contributed by atoms with Crippen molar-refractivity contribution in [2.24, 2.45) is 0 Å². The Bertz CT molecular complexity index is 392. The van der Waals surface area contributed by atoms with Gasteiger partial charge in [-0.15, -0.1) is 0 Å². The molecule has 0 amide bonds. The molecule has 0 unspecified atom stereocenters. The maximum absolute atomic E-state index is 11.3. The molecule has 1 N–H and O–H groups in total. The molecular weight excluding hydrogens is 189 g/mol. The number of carbonyl (C=O) groups is 1. The van der Waals surface area contributed by atoms with Gasteiger partial charge in [-0.05, 0) is 36.1 Å². The summed E-state index contributed by atoms with van der Waals surface area (Å²) in [6.07, 6.45) is 1.99. The Hall–Kier alpha value is -1.29. The van der Waals surface area contributed by atoms with Crippen LogP contribution in [0.5, 0.6) is 0 Å². The van der Waals surface area contributed by atoms with Gasteiger partial charge in [0, 0.05) is 6.04 Å². The normalized spacial score (nSPS) is 18.6. The molecule has 1 aromatic carbocycles. The molecular formula is C11H12BNO2. The molecule has 0 saturated heterocycles. The summed E-state index contributed by atoms with van der Waals surface area (Å²) in [5.41, 5.74) is 2.95. The highest BCUT2D eigenvalue weighted by atomic mass is 16.5. The van der Waals surface area contributed by atoms with Gasteiger partial charge in [-0.1, -0.05) is 6.07 Å². The Labute approximate surface area is 90.2 Å². The highest BCUT2D eigenvalue weighted by Gasteiger charge is 2.21. The van der Waals surface area contributed by atoms with E-state index in [-0.39, 0.29) is 12.0 Å². The van der Waals surface area contributed by atoms with Crippen LogP contribution in [0.15, 0.2) is 18.2 Å². The second-order valence-electron chi connectivity index (χ2n) is 3.66. The Balaban J connectivity index is 2.36. The molecule has 76 valence electrons. The highest BCUT2D eigenvalue weighted by molar-refractivity contribution is 6.04. The zero-order valence-corrected chi connectivity index (χ0v) is 8.62. The maximum atomic E-state index is 11.3. The maximum Gasteiger partial charge on any atom is 0.337 e. The number of hydrogen-bond acceptors (Lipinski definition) is 3. The van der Waals surface area contributed by atoms with Gasteiger partial charge in [-0.2, -0.15) is 0 Å². The minimum Gasteiger partial charge on any atom is -0.465 e. The average molecular weight is 201 g/mol. The number of hydrogen-bond donors (Lipinski definition) is 1. The molecule has 2 rings (SSSR count). The van der Waals surface area contributed by atoms with Crippen molar-refractivity contribution in [2.45, 2.75) is 18.9 Å². The molecule has 2 radical (unpaired) electrons. The molecule has 15 heavy (non-hydrogen) atoms. The number of carbonyl (C=O) groups excluding carboxylic acids is 1. The Kier molecular flexibility index (Phi) is 2.78. The first-order valence-corrected chi connectivity index (χ1v) is 4.93. The highest BCUT2D eigenvalue weighted by Crippen LogP contribution is 2.31. The number of nitrogens with one attached hydrogen (secondary N) is 1. The zero-order valence-electron chi connectivity index (χ0n) is 8.62. The SMILES string of the molecule is [B]N[C@@H]1CCc2ccc(C(=O)OC)cc21. The largest absolute Gasteiger partial charge is 0.465 e. The number of fused-ring (bicyclic) bond motifs is 1. The van der Waals surface area contributed by atoms with Gasteiger partial charge in [-0.25, -0.2) is 4.79 Å².